The summed E-state index contributed by atoms with van der Waals surface area (Å²) in [6, 6.07) is 1.37. The zero-order valence-corrected chi connectivity index (χ0v) is 12.5. The topological polar surface area (TPSA) is 114 Å². The van der Waals surface area contributed by atoms with E-state index in [9.17, 15) is 19.1 Å². The van der Waals surface area contributed by atoms with E-state index >= 15 is 0 Å². The van der Waals surface area contributed by atoms with Crippen LogP contribution in [0.5, 0.6) is 0 Å². The number of halogens is 1. The lowest BCUT2D eigenvalue weighted by Crippen LogP contribution is -2.29. The molecule has 126 valence electrons. The fraction of sp³-hybridized carbons (Fsp3) is 0.500. The molecule has 1 aliphatic rings. The monoisotopic (exact) mass is 327 g/mol. The molecule has 1 aromatic rings. The summed E-state index contributed by atoms with van der Waals surface area (Å²) in [6.45, 7) is 1.32. The van der Waals surface area contributed by atoms with Gasteiger partial charge in [0.1, 0.15) is 18.0 Å². The van der Waals surface area contributed by atoms with Crippen LogP contribution < -0.4 is 11.0 Å². The molecule has 8 nitrogen and oxygen atoms in total. The van der Waals surface area contributed by atoms with Crippen molar-refractivity contribution in [2.24, 2.45) is 0 Å². The molecule has 1 aliphatic heterocycles. The first-order valence-electron chi connectivity index (χ1n) is 7.15. The van der Waals surface area contributed by atoms with E-state index in [0.29, 0.717) is 12.8 Å². The predicted octanol–water partition coefficient (Wildman–Crippen LogP) is 0.0859. The van der Waals surface area contributed by atoms with Crippen LogP contribution in [0.4, 0.5) is 10.2 Å². The van der Waals surface area contributed by atoms with Crippen LogP contribution in [-0.2, 0) is 9.53 Å². The molecule has 1 aromatic heterocycles. The number of rotatable bonds is 5. The highest BCUT2D eigenvalue weighted by Crippen LogP contribution is 2.33. The maximum absolute atomic E-state index is 13.0. The van der Waals surface area contributed by atoms with Crippen molar-refractivity contribution in [2.45, 2.75) is 38.2 Å². The normalized spacial score (nSPS) is 25.7. The second kappa shape index (κ2) is 7.44. The summed E-state index contributed by atoms with van der Waals surface area (Å²) in [5.74, 6) is -0.192. The van der Waals surface area contributed by atoms with Crippen molar-refractivity contribution in [3.8, 4) is 0 Å². The Morgan fingerprint density at radius 3 is 2.91 bits per heavy atom. The average Bonchev–Trinajstić information content (AvgIpc) is 2.83. The molecule has 1 saturated heterocycles. The molecule has 3 N–H and O–H groups in total. The fourth-order valence-corrected chi connectivity index (χ4v) is 2.26. The molecule has 0 aromatic carbocycles. The van der Waals surface area contributed by atoms with E-state index in [0.717, 1.165) is 4.57 Å². The molecule has 2 heterocycles. The number of hydrogen-bond acceptors (Lipinski definition) is 6. The van der Waals surface area contributed by atoms with Crippen LogP contribution in [0.1, 0.15) is 26.0 Å². The number of aliphatic hydroxyl groups is 2. The summed E-state index contributed by atoms with van der Waals surface area (Å²) < 4.78 is 19.2. The maximum Gasteiger partial charge on any atom is 0.351 e. The van der Waals surface area contributed by atoms with Gasteiger partial charge in [-0.1, -0.05) is 6.92 Å². The molecule has 3 atom stereocenters. The van der Waals surface area contributed by atoms with E-state index in [1.165, 1.54) is 12.3 Å². The van der Waals surface area contributed by atoms with Crippen molar-refractivity contribution in [2.75, 3.05) is 11.9 Å². The van der Waals surface area contributed by atoms with Crippen LogP contribution in [0.3, 0.4) is 0 Å². The zero-order valence-electron chi connectivity index (χ0n) is 12.5. The molecule has 1 amide bonds. The Kier molecular flexibility index (Phi) is 5.59. The van der Waals surface area contributed by atoms with Gasteiger partial charge in [-0.15, -0.1) is 0 Å². The van der Waals surface area contributed by atoms with Gasteiger partial charge in [-0.25, -0.2) is 9.18 Å². The largest absolute Gasteiger partial charge is 0.394 e. The molecule has 23 heavy (non-hydrogen) atoms. The summed E-state index contributed by atoms with van der Waals surface area (Å²) in [6.07, 6.45) is -1.21. The molecule has 0 aliphatic carbocycles. The van der Waals surface area contributed by atoms with Crippen LogP contribution in [-0.4, -0.2) is 44.5 Å². The van der Waals surface area contributed by atoms with Gasteiger partial charge in [0.15, 0.2) is 6.23 Å². The first kappa shape index (κ1) is 17.3. The molecule has 1 fully saturated rings. The maximum atomic E-state index is 13.0. The number of nitrogens with one attached hydrogen (secondary N) is 1. The molecule has 0 unspecified atom stereocenters. The number of aromatic nitrogens is 2. The third-order valence-corrected chi connectivity index (χ3v) is 3.42. The van der Waals surface area contributed by atoms with Gasteiger partial charge in [0.2, 0.25) is 5.91 Å². The van der Waals surface area contributed by atoms with E-state index in [2.05, 4.69) is 10.3 Å². The SMILES string of the molecule is CCCC(=O)Nc1ccn([C@@H]2O[C@H](CO)[C@@H](O)C2=CF)c(=O)n1. The number of carbonyl (C=O) groups excluding carboxylic acids is 1. The third-order valence-electron chi connectivity index (χ3n) is 3.42. The number of hydrogen-bond donors (Lipinski definition) is 3. The molecule has 0 saturated carbocycles. The highest BCUT2D eigenvalue weighted by atomic mass is 19.1. The Balaban J connectivity index is 2.24. The van der Waals surface area contributed by atoms with Crippen LogP contribution >= 0.6 is 0 Å². The van der Waals surface area contributed by atoms with E-state index in [4.69, 9.17) is 9.84 Å². The standard InChI is InChI=1S/C14H18FN3O5/c1-2-3-11(20)16-10-4-5-18(14(22)17-10)13-8(6-15)12(21)9(7-19)23-13/h4-6,9,12-13,19,21H,2-3,7H2,1H3,(H,16,17,20,22)/t9-,12+,13-/m1/s1. The molecule has 9 heteroatoms. The van der Waals surface area contributed by atoms with E-state index in [1.54, 1.807) is 0 Å². The summed E-state index contributed by atoms with van der Waals surface area (Å²) >= 11 is 0. The van der Waals surface area contributed by atoms with Gasteiger partial charge in [-0.3, -0.25) is 9.36 Å². The van der Waals surface area contributed by atoms with Gasteiger partial charge in [0, 0.05) is 18.2 Å². The predicted molar refractivity (Wildman–Crippen MR) is 78.2 cm³/mol. The van der Waals surface area contributed by atoms with Crippen LogP contribution in [0.25, 0.3) is 0 Å². The highest BCUT2D eigenvalue weighted by Gasteiger charge is 2.40. The van der Waals surface area contributed by atoms with Gasteiger partial charge in [0.05, 0.1) is 12.9 Å². The summed E-state index contributed by atoms with van der Waals surface area (Å²) in [7, 11) is 0. The van der Waals surface area contributed by atoms with E-state index < -0.39 is 30.7 Å². The molecule has 0 spiro atoms. The van der Waals surface area contributed by atoms with Crippen molar-refractivity contribution < 1.29 is 24.1 Å². The fourth-order valence-electron chi connectivity index (χ4n) is 2.26. The highest BCUT2D eigenvalue weighted by molar-refractivity contribution is 5.89. The van der Waals surface area contributed by atoms with Crippen LogP contribution in [0.2, 0.25) is 0 Å². The lowest BCUT2D eigenvalue weighted by molar-refractivity contribution is -0.116. The molecule has 0 radical (unpaired) electrons. The minimum absolute atomic E-state index is 0.0766. The summed E-state index contributed by atoms with van der Waals surface area (Å²) in [5, 5.41) is 21.4. The second-order valence-electron chi connectivity index (χ2n) is 5.06. The van der Waals surface area contributed by atoms with Gasteiger partial charge < -0.3 is 20.3 Å². The van der Waals surface area contributed by atoms with Crippen LogP contribution in [0.15, 0.2) is 29.0 Å². The Morgan fingerprint density at radius 1 is 1.61 bits per heavy atom. The second-order valence-corrected chi connectivity index (χ2v) is 5.06. The minimum Gasteiger partial charge on any atom is -0.394 e. The zero-order chi connectivity index (χ0) is 17.0. The first-order chi connectivity index (χ1) is 11.0. The Labute approximate surface area is 131 Å². The Morgan fingerprint density at radius 2 is 2.35 bits per heavy atom. The number of nitrogens with zero attached hydrogens (tertiary/aromatic N) is 2. The molecular weight excluding hydrogens is 309 g/mol. The van der Waals surface area contributed by atoms with Gasteiger partial charge in [0.25, 0.3) is 0 Å². The van der Waals surface area contributed by atoms with E-state index in [1.807, 2.05) is 6.92 Å². The van der Waals surface area contributed by atoms with Crippen molar-refractivity contribution in [1.82, 2.24) is 9.55 Å². The smallest absolute Gasteiger partial charge is 0.351 e. The van der Waals surface area contributed by atoms with Crippen molar-refractivity contribution in [3.05, 3.63) is 34.7 Å². The number of carbonyl (C=O) groups is 1. The van der Waals surface area contributed by atoms with Gasteiger partial charge in [-0.05, 0) is 12.5 Å². The van der Waals surface area contributed by atoms with Crippen molar-refractivity contribution in [1.29, 1.82) is 0 Å². The quantitative estimate of drug-likeness (QED) is 0.706. The number of ether oxygens (including phenoxy) is 1. The lowest BCUT2D eigenvalue weighted by atomic mass is 10.1. The molecule has 2 rings (SSSR count). The van der Waals surface area contributed by atoms with Gasteiger partial charge >= 0.3 is 5.69 Å². The Hall–Kier alpha value is -2.10. The van der Waals surface area contributed by atoms with Crippen molar-refractivity contribution >= 4 is 11.7 Å². The average molecular weight is 327 g/mol. The lowest BCUT2D eigenvalue weighted by Gasteiger charge is -2.15. The molecule has 0 bridgehead atoms. The van der Waals surface area contributed by atoms with E-state index in [-0.39, 0.29) is 23.6 Å². The molecular formula is C14H18FN3O5. The minimum atomic E-state index is -1.36. The third kappa shape index (κ3) is 3.63. The van der Waals surface area contributed by atoms with Crippen molar-refractivity contribution in [3.63, 3.8) is 0 Å². The van der Waals surface area contributed by atoms with Gasteiger partial charge in [-0.2, -0.15) is 4.98 Å². The summed E-state index contributed by atoms with van der Waals surface area (Å²) in [4.78, 5) is 27.2. The summed E-state index contributed by atoms with van der Waals surface area (Å²) in [5.41, 5.74) is -0.967. The number of aliphatic hydroxyl groups excluding tert-OH is 2. The first-order valence-corrected chi connectivity index (χ1v) is 7.15. The number of anilines is 1. The Bertz CT molecular complexity index is 660. The van der Waals surface area contributed by atoms with Crippen LogP contribution in [0, 0.1) is 0 Å². The number of amides is 1.